The van der Waals surface area contributed by atoms with E-state index in [1.54, 1.807) is 14.2 Å². The maximum absolute atomic E-state index is 5.53. The van der Waals surface area contributed by atoms with Crippen LogP contribution in [-0.2, 0) is 0 Å². The van der Waals surface area contributed by atoms with Crippen LogP contribution in [0.4, 0.5) is 0 Å². The highest BCUT2D eigenvalue weighted by atomic mass is 16.5. The lowest BCUT2D eigenvalue weighted by molar-refractivity contribution is 0.0506. The number of hydrogen-bond donors (Lipinski definition) is 1. The summed E-state index contributed by atoms with van der Waals surface area (Å²) < 4.78 is 10.9. The summed E-state index contributed by atoms with van der Waals surface area (Å²) in [6, 6.07) is 6.30. The Bertz CT molecular complexity index is 460. The first kappa shape index (κ1) is 15.1. The highest BCUT2D eigenvalue weighted by molar-refractivity contribution is 5.42. The van der Waals surface area contributed by atoms with Crippen molar-refractivity contribution in [3.63, 3.8) is 0 Å². The fraction of sp³-hybridized carbons (Fsp3) is 0.625. The summed E-state index contributed by atoms with van der Waals surface area (Å²) in [5.41, 5.74) is 1.31. The van der Waals surface area contributed by atoms with Gasteiger partial charge < -0.3 is 14.8 Å². The van der Waals surface area contributed by atoms with Crippen LogP contribution in [0.25, 0.3) is 0 Å². The van der Waals surface area contributed by atoms with Gasteiger partial charge in [-0.2, -0.15) is 0 Å². The van der Waals surface area contributed by atoms with E-state index in [0.29, 0.717) is 0 Å². The van der Waals surface area contributed by atoms with E-state index in [4.69, 9.17) is 9.47 Å². The van der Waals surface area contributed by atoms with Crippen LogP contribution in [0.3, 0.4) is 0 Å². The Kier molecular flexibility index (Phi) is 4.55. The lowest BCUT2D eigenvalue weighted by Gasteiger charge is -2.46. The fourth-order valence-corrected chi connectivity index (χ4v) is 3.05. The van der Waals surface area contributed by atoms with E-state index < -0.39 is 0 Å². The second-order valence-electron chi connectivity index (χ2n) is 5.97. The van der Waals surface area contributed by atoms with Crippen LogP contribution in [0.1, 0.15) is 32.4 Å². The van der Waals surface area contributed by atoms with Crippen LogP contribution in [0.5, 0.6) is 11.5 Å². The molecule has 0 aromatic heterocycles. The van der Waals surface area contributed by atoms with Crippen LogP contribution in [0.2, 0.25) is 0 Å². The Hall–Kier alpha value is -1.26. The largest absolute Gasteiger partial charge is 0.497 e. The standard InChI is InChI=1S/C16H26N2O2/c1-12(18-9-8-17-11-16(18,2)3)14-10-13(19-4)6-7-15(14)20-5/h6-7,10,12,17H,8-9,11H2,1-5H3. The molecule has 20 heavy (non-hydrogen) atoms. The van der Waals surface area contributed by atoms with Gasteiger partial charge >= 0.3 is 0 Å². The zero-order valence-electron chi connectivity index (χ0n) is 13.2. The van der Waals surface area contributed by atoms with Crippen molar-refractivity contribution in [2.24, 2.45) is 0 Å². The van der Waals surface area contributed by atoms with Crippen LogP contribution < -0.4 is 14.8 Å². The second kappa shape index (κ2) is 6.02. The van der Waals surface area contributed by atoms with E-state index in [1.165, 1.54) is 5.56 Å². The number of methoxy groups -OCH3 is 2. The molecule has 0 aliphatic carbocycles. The molecule has 1 aliphatic heterocycles. The first-order chi connectivity index (χ1) is 9.49. The van der Waals surface area contributed by atoms with Gasteiger partial charge in [0.1, 0.15) is 11.5 Å². The molecular weight excluding hydrogens is 252 g/mol. The summed E-state index contributed by atoms with van der Waals surface area (Å²) in [6.45, 7) is 9.87. The molecule has 1 saturated heterocycles. The Morgan fingerprint density at radius 2 is 2.00 bits per heavy atom. The normalized spacial score (nSPS) is 20.4. The molecule has 4 heteroatoms. The summed E-state index contributed by atoms with van der Waals surface area (Å²) in [7, 11) is 3.42. The van der Waals surface area contributed by atoms with Crippen molar-refractivity contribution >= 4 is 0 Å². The Morgan fingerprint density at radius 3 is 2.60 bits per heavy atom. The molecule has 1 atom stereocenters. The van der Waals surface area contributed by atoms with Crippen molar-refractivity contribution in [2.45, 2.75) is 32.4 Å². The second-order valence-corrected chi connectivity index (χ2v) is 5.97. The lowest BCUT2D eigenvalue weighted by Crippen LogP contribution is -2.58. The molecule has 0 radical (unpaired) electrons. The molecule has 0 spiro atoms. The molecule has 112 valence electrons. The van der Waals surface area contributed by atoms with E-state index in [1.807, 2.05) is 12.1 Å². The highest BCUT2D eigenvalue weighted by Crippen LogP contribution is 2.36. The number of nitrogens with one attached hydrogen (secondary N) is 1. The number of rotatable bonds is 4. The van der Waals surface area contributed by atoms with Crippen LogP contribution in [-0.4, -0.2) is 44.3 Å². The summed E-state index contributed by atoms with van der Waals surface area (Å²) in [4.78, 5) is 2.53. The summed E-state index contributed by atoms with van der Waals surface area (Å²) >= 11 is 0. The molecule has 1 aromatic carbocycles. The molecule has 0 bridgehead atoms. The van der Waals surface area contributed by atoms with Gasteiger partial charge in [-0.3, -0.25) is 4.90 Å². The van der Waals surface area contributed by atoms with Gasteiger partial charge in [-0.05, 0) is 39.0 Å². The van der Waals surface area contributed by atoms with E-state index in [-0.39, 0.29) is 11.6 Å². The van der Waals surface area contributed by atoms with Crippen molar-refractivity contribution < 1.29 is 9.47 Å². The number of ether oxygens (including phenoxy) is 2. The molecule has 1 fully saturated rings. The van der Waals surface area contributed by atoms with Gasteiger partial charge in [0.05, 0.1) is 14.2 Å². The highest BCUT2D eigenvalue weighted by Gasteiger charge is 2.34. The van der Waals surface area contributed by atoms with Crippen molar-refractivity contribution in [3.8, 4) is 11.5 Å². The lowest BCUT2D eigenvalue weighted by atomic mass is 9.94. The SMILES string of the molecule is COc1ccc(OC)c(C(C)N2CCNCC2(C)C)c1. The van der Waals surface area contributed by atoms with Crippen LogP contribution in [0, 0.1) is 0 Å². The maximum atomic E-state index is 5.53. The summed E-state index contributed by atoms with van der Waals surface area (Å²) in [6.07, 6.45) is 0. The van der Waals surface area contributed by atoms with Crippen molar-refractivity contribution in [3.05, 3.63) is 23.8 Å². The number of nitrogens with zero attached hydrogens (tertiary/aromatic N) is 1. The fourth-order valence-electron chi connectivity index (χ4n) is 3.05. The van der Waals surface area contributed by atoms with E-state index in [2.05, 4.69) is 37.1 Å². The quantitative estimate of drug-likeness (QED) is 0.917. The van der Waals surface area contributed by atoms with E-state index >= 15 is 0 Å². The van der Waals surface area contributed by atoms with Crippen molar-refractivity contribution in [1.82, 2.24) is 10.2 Å². The van der Waals surface area contributed by atoms with Gasteiger partial charge in [0.2, 0.25) is 0 Å². The summed E-state index contributed by atoms with van der Waals surface area (Å²) in [5, 5.41) is 3.46. The summed E-state index contributed by atoms with van der Waals surface area (Å²) in [5.74, 6) is 1.80. The molecule has 1 heterocycles. The molecule has 1 aromatic rings. The smallest absolute Gasteiger partial charge is 0.123 e. The first-order valence-electron chi connectivity index (χ1n) is 7.19. The minimum Gasteiger partial charge on any atom is -0.497 e. The molecule has 1 N–H and O–H groups in total. The zero-order chi connectivity index (χ0) is 14.8. The number of benzene rings is 1. The van der Waals surface area contributed by atoms with Gasteiger partial charge in [-0.15, -0.1) is 0 Å². The molecule has 1 aliphatic rings. The average Bonchev–Trinajstić information content (AvgIpc) is 2.45. The molecule has 1 unspecified atom stereocenters. The maximum Gasteiger partial charge on any atom is 0.123 e. The predicted octanol–water partition coefficient (Wildman–Crippen LogP) is 2.45. The zero-order valence-corrected chi connectivity index (χ0v) is 13.2. The topological polar surface area (TPSA) is 33.7 Å². The van der Waals surface area contributed by atoms with Gasteiger partial charge in [0.25, 0.3) is 0 Å². The van der Waals surface area contributed by atoms with Gasteiger partial charge in [-0.1, -0.05) is 0 Å². The number of piperazine rings is 1. The third-order valence-electron chi connectivity index (χ3n) is 4.22. The van der Waals surface area contributed by atoms with E-state index in [0.717, 1.165) is 31.1 Å². The number of hydrogen-bond acceptors (Lipinski definition) is 4. The Balaban J connectivity index is 2.33. The Morgan fingerprint density at radius 1 is 1.25 bits per heavy atom. The van der Waals surface area contributed by atoms with Crippen molar-refractivity contribution in [2.75, 3.05) is 33.9 Å². The average molecular weight is 278 g/mol. The van der Waals surface area contributed by atoms with Gasteiger partial charge in [0, 0.05) is 36.8 Å². The molecule has 0 amide bonds. The monoisotopic (exact) mass is 278 g/mol. The molecule has 4 nitrogen and oxygen atoms in total. The van der Waals surface area contributed by atoms with Gasteiger partial charge in [-0.25, -0.2) is 0 Å². The van der Waals surface area contributed by atoms with Crippen molar-refractivity contribution in [1.29, 1.82) is 0 Å². The van der Waals surface area contributed by atoms with Crippen LogP contribution >= 0.6 is 0 Å². The van der Waals surface area contributed by atoms with E-state index in [9.17, 15) is 0 Å². The van der Waals surface area contributed by atoms with Gasteiger partial charge in [0.15, 0.2) is 0 Å². The minimum absolute atomic E-state index is 0.131. The molecule has 0 saturated carbocycles. The molecular formula is C16H26N2O2. The first-order valence-corrected chi connectivity index (χ1v) is 7.19. The predicted molar refractivity (Wildman–Crippen MR) is 81.6 cm³/mol. The third-order valence-corrected chi connectivity index (χ3v) is 4.22. The van der Waals surface area contributed by atoms with Crippen LogP contribution in [0.15, 0.2) is 18.2 Å². The molecule has 2 rings (SSSR count). The third kappa shape index (κ3) is 2.91. The minimum atomic E-state index is 0.131. The Labute approximate surface area is 122 Å².